The van der Waals surface area contributed by atoms with Crippen molar-refractivity contribution in [2.24, 2.45) is 5.92 Å². The molecule has 0 unspecified atom stereocenters. The molecule has 3 aromatic carbocycles. The number of amides is 2. The molecule has 2 N–H and O–H groups in total. The summed E-state index contributed by atoms with van der Waals surface area (Å²) in [6, 6.07) is 22.4. The van der Waals surface area contributed by atoms with E-state index in [1.807, 2.05) is 30.3 Å². The molecule has 1 heterocycles. The van der Waals surface area contributed by atoms with Crippen molar-refractivity contribution >= 4 is 23.4 Å². The Morgan fingerprint density at radius 2 is 1.72 bits per heavy atom. The Kier molecular flexibility index (Phi) is 6.94. The number of benzene rings is 3. The van der Waals surface area contributed by atoms with Gasteiger partial charge in [-0.25, -0.2) is 4.79 Å². The molecular formula is C30H32N2O4. The number of hydrogen-bond donors (Lipinski definition) is 2. The zero-order valence-electron chi connectivity index (χ0n) is 20.6. The fourth-order valence-corrected chi connectivity index (χ4v) is 5.58. The number of aliphatic carboxylic acids is 1. The number of nitrogens with one attached hydrogen (secondary N) is 1. The second-order valence-corrected chi connectivity index (χ2v) is 9.84. The first kappa shape index (κ1) is 23.9. The molecule has 1 aliphatic heterocycles. The minimum absolute atomic E-state index is 0.141. The number of anilines is 2. The molecule has 0 saturated heterocycles. The monoisotopic (exact) mass is 484 g/mol. The fourth-order valence-electron chi connectivity index (χ4n) is 5.58. The predicted octanol–water partition coefficient (Wildman–Crippen LogP) is 6.71. The van der Waals surface area contributed by atoms with Crippen LogP contribution in [0.3, 0.4) is 0 Å². The van der Waals surface area contributed by atoms with Crippen molar-refractivity contribution in [3.63, 3.8) is 0 Å². The molecule has 1 saturated carbocycles. The number of carbonyl (C=O) groups excluding carboxylic acids is 1. The van der Waals surface area contributed by atoms with Crippen LogP contribution in [0.15, 0.2) is 66.7 Å². The molecule has 2 amide bonds. The molecule has 6 nitrogen and oxygen atoms in total. The zero-order valence-corrected chi connectivity index (χ0v) is 20.6. The maximum Gasteiger partial charge on any atom is 0.326 e. The molecule has 0 spiro atoms. The van der Waals surface area contributed by atoms with Crippen molar-refractivity contribution in [3.05, 3.63) is 77.9 Å². The van der Waals surface area contributed by atoms with Crippen molar-refractivity contribution in [3.8, 4) is 16.9 Å². The van der Waals surface area contributed by atoms with Gasteiger partial charge in [-0.2, -0.15) is 0 Å². The van der Waals surface area contributed by atoms with Gasteiger partial charge in [-0.15, -0.1) is 0 Å². The summed E-state index contributed by atoms with van der Waals surface area (Å²) in [4.78, 5) is 25.7. The SMILES string of the molecule is COc1cccc(NC(=O)N2CCc3cc(-c4ccc(C5CCC(CC(=O)O)CC5)cc4)ccc32)c1. The summed E-state index contributed by atoms with van der Waals surface area (Å²) in [5, 5.41) is 12.0. The van der Waals surface area contributed by atoms with Crippen LogP contribution >= 0.6 is 0 Å². The van der Waals surface area contributed by atoms with E-state index in [0.29, 0.717) is 36.2 Å². The quantitative estimate of drug-likeness (QED) is 0.408. The number of nitrogens with zero attached hydrogens (tertiary/aromatic N) is 1. The Balaban J connectivity index is 1.24. The molecule has 5 rings (SSSR count). The smallest absolute Gasteiger partial charge is 0.326 e. The number of carboxylic acid groups (broad SMARTS) is 1. The molecule has 3 aromatic rings. The molecule has 0 aromatic heterocycles. The molecule has 2 aliphatic rings. The van der Waals surface area contributed by atoms with Gasteiger partial charge in [0, 0.05) is 30.4 Å². The van der Waals surface area contributed by atoms with Gasteiger partial charge in [0.15, 0.2) is 0 Å². The van der Waals surface area contributed by atoms with Crippen molar-refractivity contribution in [1.82, 2.24) is 0 Å². The zero-order chi connectivity index (χ0) is 25.1. The minimum atomic E-state index is -0.683. The number of carboxylic acids is 1. The third-order valence-corrected chi connectivity index (χ3v) is 7.57. The number of urea groups is 1. The lowest BCUT2D eigenvalue weighted by Gasteiger charge is -2.28. The van der Waals surface area contributed by atoms with E-state index < -0.39 is 5.97 Å². The highest BCUT2D eigenvalue weighted by Crippen LogP contribution is 2.38. The first-order valence-electron chi connectivity index (χ1n) is 12.7. The molecule has 0 bridgehead atoms. The van der Waals surface area contributed by atoms with E-state index in [2.05, 4.69) is 41.7 Å². The van der Waals surface area contributed by atoms with Gasteiger partial charge in [0.2, 0.25) is 0 Å². The summed E-state index contributed by atoms with van der Waals surface area (Å²) in [5.41, 5.74) is 6.50. The molecular weight excluding hydrogens is 452 g/mol. The van der Waals surface area contributed by atoms with Crippen LogP contribution in [0.25, 0.3) is 11.1 Å². The lowest BCUT2D eigenvalue weighted by Crippen LogP contribution is -2.33. The second-order valence-electron chi connectivity index (χ2n) is 9.84. The average molecular weight is 485 g/mol. The highest BCUT2D eigenvalue weighted by molar-refractivity contribution is 6.03. The van der Waals surface area contributed by atoms with E-state index in [-0.39, 0.29) is 6.03 Å². The van der Waals surface area contributed by atoms with Gasteiger partial charge in [0.05, 0.1) is 7.11 Å². The standard InChI is InChI=1S/C30H32N2O4/c1-36-27-4-2-3-26(19-27)31-30(35)32-16-15-25-18-24(13-14-28(25)32)23-11-9-22(10-12-23)21-7-5-20(6-8-21)17-29(33)34/h2-4,9-14,18-21H,5-8,15-17H2,1H3,(H,31,35)(H,33,34). The van der Waals surface area contributed by atoms with Crippen LogP contribution in [0, 0.1) is 5.92 Å². The predicted molar refractivity (Wildman–Crippen MR) is 142 cm³/mol. The molecule has 36 heavy (non-hydrogen) atoms. The van der Waals surface area contributed by atoms with Gasteiger partial charge in [-0.05, 0) is 90.5 Å². The molecule has 186 valence electrons. The van der Waals surface area contributed by atoms with Gasteiger partial charge in [0.25, 0.3) is 0 Å². The van der Waals surface area contributed by atoms with E-state index in [1.165, 1.54) is 16.7 Å². The van der Waals surface area contributed by atoms with Crippen molar-refractivity contribution in [2.45, 2.75) is 44.4 Å². The van der Waals surface area contributed by atoms with E-state index in [4.69, 9.17) is 9.84 Å². The Labute approximate surface area is 211 Å². The Bertz CT molecular complexity index is 1250. The van der Waals surface area contributed by atoms with Gasteiger partial charge < -0.3 is 15.2 Å². The van der Waals surface area contributed by atoms with Crippen LogP contribution in [0.4, 0.5) is 16.2 Å². The van der Waals surface area contributed by atoms with Crippen molar-refractivity contribution < 1.29 is 19.4 Å². The number of methoxy groups -OCH3 is 1. The second kappa shape index (κ2) is 10.4. The van der Waals surface area contributed by atoms with Crippen LogP contribution in [-0.2, 0) is 11.2 Å². The number of hydrogen-bond acceptors (Lipinski definition) is 3. The van der Waals surface area contributed by atoms with Crippen molar-refractivity contribution in [2.75, 3.05) is 23.9 Å². The minimum Gasteiger partial charge on any atom is -0.497 e. The van der Waals surface area contributed by atoms with Crippen LogP contribution in [0.1, 0.15) is 49.1 Å². The third kappa shape index (κ3) is 5.23. The molecule has 1 aliphatic carbocycles. The van der Waals surface area contributed by atoms with E-state index in [1.54, 1.807) is 12.0 Å². The van der Waals surface area contributed by atoms with Crippen LogP contribution < -0.4 is 15.0 Å². The summed E-state index contributed by atoms with van der Waals surface area (Å²) in [7, 11) is 1.61. The van der Waals surface area contributed by atoms with Crippen molar-refractivity contribution in [1.29, 1.82) is 0 Å². The fraction of sp³-hybridized carbons (Fsp3) is 0.333. The van der Waals surface area contributed by atoms with Gasteiger partial charge in [-0.1, -0.05) is 36.4 Å². The normalized spacial score (nSPS) is 19.0. The van der Waals surface area contributed by atoms with Gasteiger partial charge in [0.1, 0.15) is 5.75 Å². The molecule has 0 atom stereocenters. The van der Waals surface area contributed by atoms with Gasteiger partial charge in [-0.3, -0.25) is 9.69 Å². The lowest BCUT2D eigenvalue weighted by atomic mass is 9.77. The number of fused-ring (bicyclic) bond motifs is 1. The first-order valence-corrected chi connectivity index (χ1v) is 12.7. The summed E-state index contributed by atoms with van der Waals surface area (Å²) in [6.45, 7) is 0.651. The first-order chi connectivity index (χ1) is 17.5. The lowest BCUT2D eigenvalue weighted by molar-refractivity contribution is -0.138. The van der Waals surface area contributed by atoms with E-state index in [0.717, 1.165) is 43.4 Å². The largest absolute Gasteiger partial charge is 0.497 e. The number of ether oxygens (including phenoxy) is 1. The van der Waals surface area contributed by atoms with E-state index >= 15 is 0 Å². The van der Waals surface area contributed by atoms with Gasteiger partial charge >= 0.3 is 12.0 Å². The van der Waals surface area contributed by atoms with Crippen LogP contribution in [0.5, 0.6) is 5.75 Å². The summed E-state index contributed by atoms with van der Waals surface area (Å²) in [6.07, 6.45) is 5.22. The maximum atomic E-state index is 12.9. The summed E-state index contributed by atoms with van der Waals surface area (Å²) in [5.74, 6) is 0.858. The van der Waals surface area contributed by atoms with Crippen LogP contribution in [-0.4, -0.2) is 30.8 Å². The maximum absolute atomic E-state index is 12.9. The summed E-state index contributed by atoms with van der Waals surface area (Å²) >= 11 is 0. The Morgan fingerprint density at radius 1 is 0.972 bits per heavy atom. The molecule has 6 heteroatoms. The van der Waals surface area contributed by atoms with E-state index in [9.17, 15) is 9.59 Å². The highest BCUT2D eigenvalue weighted by atomic mass is 16.5. The molecule has 0 radical (unpaired) electrons. The van der Waals surface area contributed by atoms with Crippen LogP contribution in [0.2, 0.25) is 0 Å². The average Bonchev–Trinajstić information content (AvgIpc) is 3.32. The number of carbonyl (C=O) groups is 2. The summed E-state index contributed by atoms with van der Waals surface area (Å²) < 4.78 is 5.25. The Morgan fingerprint density at radius 3 is 2.44 bits per heavy atom. The molecule has 1 fully saturated rings. The Hall–Kier alpha value is -3.80. The highest BCUT2D eigenvalue weighted by Gasteiger charge is 2.26. The number of rotatable bonds is 6. The topological polar surface area (TPSA) is 78.9 Å². The third-order valence-electron chi connectivity index (χ3n) is 7.57.